The quantitative estimate of drug-likeness (QED) is 0.714. The van der Waals surface area contributed by atoms with Gasteiger partial charge in [0.1, 0.15) is 5.15 Å². The first-order valence-corrected chi connectivity index (χ1v) is 10.4. The Morgan fingerprint density at radius 1 is 1.26 bits per heavy atom. The van der Waals surface area contributed by atoms with Crippen LogP contribution in [0.25, 0.3) is 0 Å². The Morgan fingerprint density at radius 2 is 2.04 bits per heavy atom. The Balaban J connectivity index is 1.49. The van der Waals surface area contributed by atoms with Gasteiger partial charge in [0.05, 0.1) is 5.69 Å². The lowest BCUT2D eigenvalue weighted by molar-refractivity contribution is 0.142. The lowest BCUT2D eigenvalue weighted by Gasteiger charge is -2.35. The highest BCUT2D eigenvalue weighted by Gasteiger charge is 2.22. The van der Waals surface area contributed by atoms with Crippen molar-refractivity contribution in [2.24, 2.45) is 13.0 Å². The Hall–Kier alpha value is -1.36. The lowest BCUT2D eigenvalue weighted by Crippen LogP contribution is -2.40. The van der Waals surface area contributed by atoms with Gasteiger partial charge in [0.2, 0.25) is 0 Å². The van der Waals surface area contributed by atoms with Gasteiger partial charge in [-0.25, -0.2) is 0 Å². The van der Waals surface area contributed by atoms with Gasteiger partial charge in [0.15, 0.2) is 0 Å². The van der Waals surface area contributed by atoms with E-state index in [4.69, 9.17) is 11.6 Å². The van der Waals surface area contributed by atoms with Gasteiger partial charge in [-0.1, -0.05) is 35.9 Å². The van der Waals surface area contributed by atoms with Crippen LogP contribution < -0.4 is 0 Å². The normalized spacial score (nSPS) is 18.4. The van der Waals surface area contributed by atoms with Crippen molar-refractivity contribution in [1.82, 2.24) is 19.6 Å². The molecular weight excluding hydrogens is 356 g/mol. The van der Waals surface area contributed by atoms with E-state index in [1.807, 2.05) is 14.0 Å². The van der Waals surface area contributed by atoms with Gasteiger partial charge < -0.3 is 9.80 Å². The third kappa shape index (κ3) is 5.34. The number of hydrogen-bond donors (Lipinski definition) is 0. The Morgan fingerprint density at radius 3 is 2.74 bits per heavy atom. The SMILES string of the molecule is Cc1ccccc1CCN1CCC[C@@H](CN(C)Cc2c(C)nn(C)c2Cl)C1. The minimum atomic E-state index is 0.733. The maximum atomic E-state index is 6.40. The standard InChI is InChI=1S/C22H33ClN4/c1-17-8-5-6-10-20(17)11-13-27-12-7-9-19(15-27)14-25(3)16-21-18(2)24-26(4)22(21)23/h5-6,8,10,19H,7,9,11-16H2,1-4H3/t19-/m0/s1. The highest BCUT2D eigenvalue weighted by atomic mass is 35.5. The van der Waals surface area contributed by atoms with Crippen LogP contribution in [-0.4, -0.2) is 52.8 Å². The lowest BCUT2D eigenvalue weighted by atomic mass is 9.96. The fourth-order valence-electron chi connectivity index (χ4n) is 4.30. The maximum absolute atomic E-state index is 6.40. The van der Waals surface area contributed by atoms with Crippen molar-refractivity contribution < 1.29 is 0 Å². The number of aryl methyl sites for hydroxylation is 3. The zero-order valence-corrected chi connectivity index (χ0v) is 18.0. The zero-order valence-electron chi connectivity index (χ0n) is 17.2. The Kier molecular flexibility index (Phi) is 6.96. The molecule has 0 amide bonds. The third-order valence-corrected chi connectivity index (χ3v) is 6.30. The number of benzene rings is 1. The molecule has 148 valence electrons. The summed E-state index contributed by atoms with van der Waals surface area (Å²) in [5.41, 5.74) is 5.10. The van der Waals surface area contributed by atoms with Gasteiger partial charge in [-0.2, -0.15) is 5.10 Å². The van der Waals surface area contributed by atoms with Crippen LogP contribution in [-0.2, 0) is 20.0 Å². The highest BCUT2D eigenvalue weighted by Crippen LogP contribution is 2.22. The molecule has 5 heteroatoms. The predicted molar refractivity (Wildman–Crippen MR) is 113 cm³/mol. The first-order valence-electron chi connectivity index (χ1n) is 10.1. The number of piperidine rings is 1. The molecule has 1 aromatic heterocycles. The highest BCUT2D eigenvalue weighted by molar-refractivity contribution is 6.30. The van der Waals surface area contributed by atoms with Gasteiger partial charge in [-0.3, -0.25) is 4.68 Å². The molecule has 1 aliphatic rings. The molecule has 0 spiro atoms. The largest absolute Gasteiger partial charge is 0.303 e. The predicted octanol–water partition coefficient (Wildman–Crippen LogP) is 4.08. The van der Waals surface area contributed by atoms with Crippen molar-refractivity contribution in [2.45, 2.75) is 39.7 Å². The summed E-state index contributed by atoms with van der Waals surface area (Å²) in [7, 11) is 4.11. The van der Waals surface area contributed by atoms with E-state index >= 15 is 0 Å². The van der Waals surface area contributed by atoms with E-state index in [1.54, 1.807) is 4.68 Å². The van der Waals surface area contributed by atoms with Crippen LogP contribution in [0.15, 0.2) is 24.3 Å². The molecule has 0 unspecified atom stereocenters. The summed E-state index contributed by atoms with van der Waals surface area (Å²) in [6.45, 7) is 9.86. The molecule has 0 radical (unpaired) electrons. The van der Waals surface area contributed by atoms with E-state index in [1.165, 1.54) is 43.6 Å². The van der Waals surface area contributed by atoms with Crippen LogP contribution in [0.3, 0.4) is 0 Å². The van der Waals surface area contributed by atoms with Gasteiger partial charge in [0, 0.05) is 38.8 Å². The van der Waals surface area contributed by atoms with Crippen LogP contribution >= 0.6 is 11.6 Å². The molecule has 27 heavy (non-hydrogen) atoms. The van der Waals surface area contributed by atoms with E-state index in [0.717, 1.165) is 41.8 Å². The van der Waals surface area contributed by atoms with Gasteiger partial charge in [-0.15, -0.1) is 0 Å². The molecule has 1 aliphatic heterocycles. The summed E-state index contributed by atoms with van der Waals surface area (Å²) in [5, 5.41) is 5.20. The molecule has 3 rings (SSSR count). The average Bonchev–Trinajstić information content (AvgIpc) is 2.87. The Labute approximate surface area is 169 Å². The topological polar surface area (TPSA) is 24.3 Å². The Bertz CT molecular complexity index is 755. The number of rotatable bonds is 7. The zero-order chi connectivity index (χ0) is 19.4. The first-order chi connectivity index (χ1) is 12.9. The van der Waals surface area contributed by atoms with Crippen LogP contribution in [0.5, 0.6) is 0 Å². The molecule has 2 aromatic rings. The second kappa shape index (κ2) is 9.22. The molecule has 0 aliphatic carbocycles. The van der Waals surface area contributed by atoms with E-state index in [9.17, 15) is 0 Å². The van der Waals surface area contributed by atoms with E-state index in [2.05, 4.69) is 53.1 Å². The van der Waals surface area contributed by atoms with Crippen molar-refractivity contribution in [2.75, 3.05) is 33.2 Å². The molecule has 0 saturated carbocycles. The molecule has 1 saturated heterocycles. The summed E-state index contributed by atoms with van der Waals surface area (Å²) in [6, 6.07) is 8.77. The minimum absolute atomic E-state index is 0.733. The van der Waals surface area contributed by atoms with Crippen LogP contribution in [0.4, 0.5) is 0 Å². The minimum Gasteiger partial charge on any atom is -0.303 e. The molecule has 1 fully saturated rings. The molecular formula is C22H33ClN4. The molecule has 4 nitrogen and oxygen atoms in total. The summed E-state index contributed by atoms with van der Waals surface area (Å²) >= 11 is 6.40. The van der Waals surface area contributed by atoms with Gasteiger partial charge >= 0.3 is 0 Å². The second-order valence-corrected chi connectivity index (χ2v) is 8.52. The van der Waals surface area contributed by atoms with Crippen molar-refractivity contribution in [3.05, 3.63) is 51.8 Å². The fourth-order valence-corrected chi connectivity index (χ4v) is 4.54. The molecule has 1 aromatic carbocycles. The van der Waals surface area contributed by atoms with Crippen LogP contribution in [0, 0.1) is 19.8 Å². The summed E-state index contributed by atoms with van der Waals surface area (Å²) in [6.07, 6.45) is 3.78. The number of aromatic nitrogens is 2. The smallest absolute Gasteiger partial charge is 0.131 e. The summed E-state index contributed by atoms with van der Waals surface area (Å²) in [5.74, 6) is 0.733. The number of halogens is 1. The third-order valence-electron chi connectivity index (χ3n) is 5.83. The van der Waals surface area contributed by atoms with E-state index < -0.39 is 0 Å². The van der Waals surface area contributed by atoms with Gasteiger partial charge in [0.25, 0.3) is 0 Å². The second-order valence-electron chi connectivity index (χ2n) is 8.16. The van der Waals surface area contributed by atoms with Crippen LogP contribution in [0.2, 0.25) is 5.15 Å². The van der Waals surface area contributed by atoms with Crippen LogP contribution in [0.1, 0.15) is 35.2 Å². The molecule has 0 N–H and O–H groups in total. The molecule has 1 atom stereocenters. The van der Waals surface area contributed by atoms with Crippen molar-refractivity contribution in [3.8, 4) is 0 Å². The van der Waals surface area contributed by atoms with E-state index in [-0.39, 0.29) is 0 Å². The van der Waals surface area contributed by atoms with E-state index in [0.29, 0.717) is 0 Å². The van der Waals surface area contributed by atoms with Crippen molar-refractivity contribution in [3.63, 3.8) is 0 Å². The number of hydrogen-bond acceptors (Lipinski definition) is 3. The molecule has 0 bridgehead atoms. The maximum Gasteiger partial charge on any atom is 0.131 e. The first kappa shape index (κ1) is 20.4. The molecule has 2 heterocycles. The number of nitrogens with zero attached hydrogens (tertiary/aromatic N) is 4. The fraction of sp³-hybridized carbons (Fsp3) is 0.591. The number of likely N-dealkylation sites (tertiary alicyclic amines) is 1. The van der Waals surface area contributed by atoms with Gasteiger partial charge in [-0.05, 0) is 63.7 Å². The van der Waals surface area contributed by atoms with Crippen molar-refractivity contribution in [1.29, 1.82) is 0 Å². The van der Waals surface area contributed by atoms with Crippen molar-refractivity contribution >= 4 is 11.6 Å². The summed E-state index contributed by atoms with van der Waals surface area (Å²) < 4.78 is 1.77. The average molecular weight is 389 g/mol. The monoisotopic (exact) mass is 388 g/mol. The summed E-state index contributed by atoms with van der Waals surface area (Å²) in [4.78, 5) is 5.06.